The fraction of sp³-hybridized carbons (Fsp3) is 0.500. The summed E-state index contributed by atoms with van der Waals surface area (Å²) in [7, 11) is 2.83. The number of methoxy groups -OCH3 is 1. The minimum atomic E-state index is -0.656. The summed E-state index contributed by atoms with van der Waals surface area (Å²) in [4.78, 5) is 37.4. The molecule has 0 bridgehead atoms. The Hall–Kier alpha value is -2.37. The fourth-order valence-corrected chi connectivity index (χ4v) is 2.73. The number of hydrogen-bond acceptors (Lipinski definition) is 5. The van der Waals surface area contributed by atoms with Gasteiger partial charge in [0.25, 0.3) is 0 Å². The Morgan fingerprint density at radius 3 is 2.00 bits per heavy atom. The Morgan fingerprint density at radius 1 is 1.04 bits per heavy atom. The van der Waals surface area contributed by atoms with Gasteiger partial charge in [0.2, 0.25) is 0 Å². The molecule has 1 rings (SSSR count). The smallest absolute Gasteiger partial charge is 0.414 e. The first-order chi connectivity index (χ1) is 11.0. The maximum absolute atomic E-state index is 12.4. The van der Waals surface area contributed by atoms with Gasteiger partial charge in [-0.15, -0.1) is 0 Å². The molecule has 1 aromatic rings. The van der Waals surface area contributed by atoms with Gasteiger partial charge in [0.05, 0.1) is 18.4 Å². The molecule has 0 unspecified atom stereocenters. The molecule has 0 atom stereocenters. The van der Waals surface area contributed by atoms with Crippen LogP contribution in [-0.4, -0.2) is 38.1 Å². The summed E-state index contributed by atoms with van der Waals surface area (Å²) in [5.74, 6) is -0.549. The number of hydrogen-bond donors (Lipinski definition) is 0. The maximum Gasteiger partial charge on any atom is 0.414 e. The highest BCUT2D eigenvalue weighted by Gasteiger charge is 2.28. The predicted octanol–water partition coefficient (Wildman–Crippen LogP) is 3.58. The first-order valence-electron chi connectivity index (χ1n) is 7.60. The summed E-state index contributed by atoms with van der Waals surface area (Å²) in [6, 6.07) is 0. The third-order valence-corrected chi connectivity index (χ3v) is 3.78. The van der Waals surface area contributed by atoms with E-state index in [9.17, 15) is 14.4 Å². The number of esters is 1. The van der Waals surface area contributed by atoms with Crippen LogP contribution < -0.4 is 4.90 Å². The average Bonchev–Trinajstić information content (AvgIpc) is 2.45. The number of ether oxygens (including phenoxy) is 2. The highest BCUT2D eigenvalue weighted by Crippen LogP contribution is 2.33. The molecule has 0 aliphatic carbocycles. The lowest BCUT2D eigenvalue weighted by Crippen LogP contribution is -2.35. The molecule has 6 heteroatoms. The minimum Gasteiger partial charge on any atom is -0.465 e. The molecular weight excluding hydrogens is 310 g/mol. The Balaban J connectivity index is 3.61. The minimum absolute atomic E-state index is 0.288. The molecule has 0 radical (unpaired) electrons. The Labute approximate surface area is 142 Å². The summed E-state index contributed by atoms with van der Waals surface area (Å²) in [6.07, 6.45) is 0.119. The highest BCUT2D eigenvalue weighted by atomic mass is 16.6. The normalized spacial score (nSPS) is 11.0. The van der Waals surface area contributed by atoms with E-state index in [0.717, 1.165) is 0 Å². The summed E-state index contributed by atoms with van der Waals surface area (Å²) in [5, 5.41) is 0. The number of rotatable bonds is 3. The third kappa shape index (κ3) is 3.75. The van der Waals surface area contributed by atoms with Gasteiger partial charge in [-0.2, -0.15) is 0 Å². The van der Waals surface area contributed by atoms with E-state index in [1.807, 2.05) is 0 Å². The zero-order valence-electron chi connectivity index (χ0n) is 15.6. The number of amides is 1. The van der Waals surface area contributed by atoms with Crippen LogP contribution in [0.1, 0.15) is 58.2 Å². The van der Waals surface area contributed by atoms with Crippen LogP contribution in [0.5, 0.6) is 0 Å². The predicted molar refractivity (Wildman–Crippen MR) is 92.0 cm³/mol. The first-order valence-corrected chi connectivity index (χ1v) is 7.60. The van der Waals surface area contributed by atoms with Gasteiger partial charge in [0.1, 0.15) is 5.60 Å². The highest BCUT2D eigenvalue weighted by molar-refractivity contribution is 6.01. The van der Waals surface area contributed by atoms with Gasteiger partial charge in [-0.1, -0.05) is 0 Å². The van der Waals surface area contributed by atoms with Crippen LogP contribution in [0.4, 0.5) is 10.5 Å². The van der Waals surface area contributed by atoms with E-state index in [1.54, 1.807) is 48.6 Å². The van der Waals surface area contributed by atoms with Gasteiger partial charge >= 0.3 is 12.1 Å². The van der Waals surface area contributed by atoms with Crippen LogP contribution in [0, 0.1) is 20.8 Å². The van der Waals surface area contributed by atoms with E-state index in [-0.39, 0.29) is 5.56 Å². The van der Waals surface area contributed by atoms with Gasteiger partial charge < -0.3 is 9.47 Å². The third-order valence-electron chi connectivity index (χ3n) is 3.78. The van der Waals surface area contributed by atoms with Crippen molar-refractivity contribution >= 4 is 24.0 Å². The Kier molecular flexibility index (Phi) is 5.76. The van der Waals surface area contributed by atoms with Crippen molar-refractivity contribution < 1.29 is 23.9 Å². The molecule has 0 N–H and O–H groups in total. The van der Waals surface area contributed by atoms with Crippen molar-refractivity contribution in [2.24, 2.45) is 0 Å². The van der Waals surface area contributed by atoms with E-state index in [0.29, 0.717) is 34.2 Å². The standard InChI is InChI=1S/C18H25NO5/c1-10-13(9-20)11(2)15(12(3)14(10)16(21)23-8)19(7)17(22)24-18(4,5)6/h9H,1-8H3. The van der Waals surface area contributed by atoms with Crippen molar-refractivity contribution in [3.63, 3.8) is 0 Å². The van der Waals surface area contributed by atoms with Crippen LogP contribution in [0.25, 0.3) is 0 Å². The lowest BCUT2D eigenvalue weighted by molar-refractivity contribution is 0.0578. The van der Waals surface area contributed by atoms with Crippen molar-refractivity contribution in [1.29, 1.82) is 0 Å². The SMILES string of the molecule is COC(=O)c1c(C)c(C=O)c(C)c(N(C)C(=O)OC(C)(C)C)c1C. The molecule has 0 heterocycles. The summed E-state index contributed by atoms with van der Waals surface area (Å²) < 4.78 is 10.2. The molecule has 0 fully saturated rings. The largest absolute Gasteiger partial charge is 0.465 e. The van der Waals surface area contributed by atoms with Crippen molar-refractivity contribution in [2.75, 3.05) is 19.1 Å². The lowest BCUT2D eigenvalue weighted by atomic mass is 9.91. The Bertz CT molecular complexity index is 686. The number of aldehydes is 1. The number of benzene rings is 1. The molecular formula is C18H25NO5. The zero-order valence-corrected chi connectivity index (χ0v) is 15.6. The topological polar surface area (TPSA) is 72.9 Å². The number of carbonyl (C=O) groups is 3. The van der Waals surface area contributed by atoms with Gasteiger partial charge in [-0.3, -0.25) is 9.69 Å². The van der Waals surface area contributed by atoms with Crippen LogP contribution in [0.15, 0.2) is 0 Å². The molecule has 0 aliphatic rings. The summed E-state index contributed by atoms with van der Waals surface area (Å²) in [6.45, 7) is 10.4. The lowest BCUT2D eigenvalue weighted by Gasteiger charge is -2.28. The van der Waals surface area contributed by atoms with E-state index in [1.165, 1.54) is 12.0 Å². The molecule has 1 aromatic carbocycles. The van der Waals surface area contributed by atoms with Gasteiger partial charge in [0, 0.05) is 12.6 Å². The summed E-state index contributed by atoms with van der Waals surface area (Å²) >= 11 is 0. The molecule has 0 saturated heterocycles. The van der Waals surface area contributed by atoms with Crippen LogP contribution in [0.3, 0.4) is 0 Å². The fourth-order valence-electron chi connectivity index (χ4n) is 2.73. The molecule has 0 saturated carbocycles. The molecule has 0 aliphatic heterocycles. The maximum atomic E-state index is 12.4. The monoisotopic (exact) mass is 335 g/mol. The summed E-state index contributed by atoms with van der Waals surface area (Å²) in [5.41, 5.74) is 2.18. The van der Waals surface area contributed by atoms with Crippen molar-refractivity contribution in [3.05, 3.63) is 27.8 Å². The van der Waals surface area contributed by atoms with E-state index in [2.05, 4.69) is 0 Å². The van der Waals surface area contributed by atoms with Crippen LogP contribution >= 0.6 is 0 Å². The number of nitrogens with zero attached hydrogens (tertiary/aromatic N) is 1. The van der Waals surface area contributed by atoms with E-state index < -0.39 is 17.7 Å². The second-order valence-corrected chi connectivity index (χ2v) is 6.66. The average molecular weight is 335 g/mol. The van der Waals surface area contributed by atoms with E-state index >= 15 is 0 Å². The molecule has 1 amide bonds. The van der Waals surface area contributed by atoms with Crippen LogP contribution in [0.2, 0.25) is 0 Å². The Morgan fingerprint density at radius 2 is 1.58 bits per heavy atom. The number of carbonyl (C=O) groups excluding carboxylic acids is 3. The van der Waals surface area contributed by atoms with Crippen molar-refractivity contribution in [2.45, 2.75) is 47.1 Å². The van der Waals surface area contributed by atoms with Crippen molar-refractivity contribution in [3.8, 4) is 0 Å². The second kappa shape index (κ2) is 7.03. The zero-order chi connectivity index (χ0) is 18.8. The molecule has 0 aromatic heterocycles. The van der Waals surface area contributed by atoms with Crippen LogP contribution in [-0.2, 0) is 9.47 Å². The quantitative estimate of drug-likeness (QED) is 0.623. The van der Waals surface area contributed by atoms with Crippen molar-refractivity contribution in [1.82, 2.24) is 0 Å². The van der Waals surface area contributed by atoms with Gasteiger partial charge in [0.15, 0.2) is 6.29 Å². The molecule has 24 heavy (non-hydrogen) atoms. The van der Waals surface area contributed by atoms with Gasteiger partial charge in [-0.05, 0) is 58.2 Å². The molecule has 6 nitrogen and oxygen atoms in total. The van der Waals surface area contributed by atoms with E-state index in [4.69, 9.17) is 9.47 Å². The second-order valence-electron chi connectivity index (χ2n) is 6.66. The molecule has 0 spiro atoms. The number of anilines is 1. The molecule has 132 valence electrons. The van der Waals surface area contributed by atoms with Gasteiger partial charge in [-0.25, -0.2) is 9.59 Å². The first kappa shape index (κ1) is 19.7.